The second-order valence-electron chi connectivity index (χ2n) is 12.3. The number of hydrogen-bond acceptors (Lipinski definition) is 6. The number of amides is 5. The molecule has 1 aromatic heterocycles. The fraction of sp³-hybridized carbons (Fsp3) is 0.667. The van der Waals surface area contributed by atoms with Gasteiger partial charge in [0.15, 0.2) is 0 Å². The molecule has 5 rings (SSSR count). The summed E-state index contributed by atoms with van der Waals surface area (Å²) in [5.41, 5.74) is 4.35. The number of nitrogens with two attached hydrogens (primary N) is 1. The number of rotatable bonds is 9. The molecule has 4 aliphatic rings. The third-order valence-corrected chi connectivity index (χ3v) is 7.97. The Kier molecular flexibility index (Phi) is 7.58. The fourth-order valence-corrected chi connectivity index (χ4v) is 6.77. The van der Waals surface area contributed by atoms with Crippen molar-refractivity contribution >= 4 is 30.0 Å². The standard InChI is InChI=1S/C27H40N6O5/c1-15(2)14-38-23-20(13-29-33(23)7-6-26(4,5)32-16(3)34)22(35)30-21-18-8-17-9-19(21)12-27(10-17,11-18)24(36)31-25(28)37/h6-7,13,15,17-19,21H,8-12,14H2,1-5H3,(H,30,35)(H,32,34)(H3,28,31,36,37)/b7-6+. The van der Waals surface area contributed by atoms with Crippen LogP contribution in [0.25, 0.3) is 6.20 Å². The van der Waals surface area contributed by atoms with E-state index in [1.165, 1.54) is 17.8 Å². The Morgan fingerprint density at radius 2 is 1.87 bits per heavy atom. The number of carbonyl (C=O) groups is 4. The Labute approximate surface area is 223 Å². The molecule has 4 aliphatic carbocycles. The van der Waals surface area contributed by atoms with Gasteiger partial charge in [0.05, 0.1) is 23.8 Å². The zero-order chi connectivity index (χ0) is 27.8. The quantitative estimate of drug-likeness (QED) is 0.385. The van der Waals surface area contributed by atoms with Crippen molar-refractivity contribution in [2.45, 2.75) is 78.3 Å². The largest absolute Gasteiger partial charge is 0.477 e. The summed E-state index contributed by atoms with van der Waals surface area (Å²) in [6, 6.07) is -0.889. The Balaban J connectivity index is 1.52. The van der Waals surface area contributed by atoms with Crippen LogP contribution >= 0.6 is 0 Å². The molecule has 2 atom stereocenters. The fourth-order valence-electron chi connectivity index (χ4n) is 6.77. The zero-order valence-electron chi connectivity index (χ0n) is 22.9. The van der Waals surface area contributed by atoms with Crippen LogP contribution in [0.1, 0.15) is 77.1 Å². The lowest BCUT2D eigenvalue weighted by Crippen LogP contribution is -2.63. The highest BCUT2D eigenvalue weighted by atomic mass is 16.5. The van der Waals surface area contributed by atoms with E-state index < -0.39 is 17.0 Å². The van der Waals surface area contributed by atoms with Crippen LogP contribution in [0.3, 0.4) is 0 Å². The van der Waals surface area contributed by atoms with Gasteiger partial charge in [0, 0.05) is 19.2 Å². The molecule has 0 aromatic carbocycles. The minimum atomic E-state index is -0.823. The van der Waals surface area contributed by atoms with E-state index >= 15 is 0 Å². The third kappa shape index (κ3) is 5.86. The molecule has 0 saturated heterocycles. The van der Waals surface area contributed by atoms with Crippen LogP contribution in [0.5, 0.6) is 5.88 Å². The van der Waals surface area contributed by atoms with Gasteiger partial charge in [-0.05, 0) is 75.7 Å². The van der Waals surface area contributed by atoms with E-state index in [-0.39, 0.29) is 41.5 Å². The average Bonchev–Trinajstić information content (AvgIpc) is 3.20. The molecule has 0 aliphatic heterocycles. The van der Waals surface area contributed by atoms with Crippen molar-refractivity contribution in [2.75, 3.05) is 6.61 Å². The summed E-state index contributed by atoms with van der Waals surface area (Å²) < 4.78 is 7.55. The van der Waals surface area contributed by atoms with Gasteiger partial charge in [-0.25, -0.2) is 9.48 Å². The smallest absolute Gasteiger partial charge is 0.318 e. The summed E-state index contributed by atoms with van der Waals surface area (Å²) in [5, 5.41) is 12.8. The molecule has 38 heavy (non-hydrogen) atoms. The van der Waals surface area contributed by atoms with Crippen LogP contribution in [0.4, 0.5) is 4.79 Å². The Hall–Kier alpha value is -3.37. The first-order valence-corrected chi connectivity index (χ1v) is 13.4. The Morgan fingerprint density at radius 3 is 2.45 bits per heavy atom. The van der Waals surface area contributed by atoms with Crippen molar-refractivity contribution in [3.05, 3.63) is 17.8 Å². The Morgan fingerprint density at radius 1 is 1.21 bits per heavy atom. The van der Waals surface area contributed by atoms with Crippen LogP contribution < -0.4 is 26.4 Å². The third-order valence-electron chi connectivity index (χ3n) is 7.97. The van der Waals surface area contributed by atoms with Crippen LogP contribution in [0, 0.1) is 29.1 Å². The molecule has 5 amide bonds. The van der Waals surface area contributed by atoms with Crippen molar-refractivity contribution in [3.8, 4) is 5.88 Å². The summed E-state index contributed by atoms with van der Waals surface area (Å²) in [6.07, 6.45) is 8.89. The molecule has 2 unspecified atom stereocenters. The topological polar surface area (TPSA) is 157 Å². The number of nitrogens with zero attached hydrogens (tertiary/aromatic N) is 2. The van der Waals surface area contributed by atoms with Crippen molar-refractivity contribution < 1.29 is 23.9 Å². The van der Waals surface area contributed by atoms with E-state index in [0.29, 0.717) is 36.8 Å². The number of ether oxygens (including phenoxy) is 1. The van der Waals surface area contributed by atoms with Gasteiger partial charge < -0.3 is 21.1 Å². The number of hydrogen-bond donors (Lipinski definition) is 4. The minimum Gasteiger partial charge on any atom is -0.477 e. The predicted molar refractivity (Wildman–Crippen MR) is 141 cm³/mol. The lowest BCUT2D eigenvalue weighted by molar-refractivity contribution is -0.147. The first-order chi connectivity index (χ1) is 17.8. The molecule has 11 heteroatoms. The number of primary amides is 1. The van der Waals surface area contributed by atoms with Crippen molar-refractivity contribution in [3.63, 3.8) is 0 Å². The van der Waals surface area contributed by atoms with E-state index in [1.807, 2.05) is 27.7 Å². The van der Waals surface area contributed by atoms with Crippen LogP contribution in [-0.4, -0.2) is 51.7 Å². The van der Waals surface area contributed by atoms with Gasteiger partial charge >= 0.3 is 6.03 Å². The maximum atomic E-state index is 13.6. The molecule has 4 fully saturated rings. The molecule has 0 radical (unpaired) electrons. The average molecular weight is 529 g/mol. The molecule has 4 saturated carbocycles. The van der Waals surface area contributed by atoms with E-state index in [1.54, 1.807) is 12.3 Å². The van der Waals surface area contributed by atoms with Gasteiger partial charge in [-0.3, -0.25) is 19.7 Å². The molecular formula is C27H40N6O5. The number of aromatic nitrogens is 2. The molecule has 0 spiro atoms. The maximum absolute atomic E-state index is 13.6. The molecule has 5 N–H and O–H groups in total. The highest BCUT2D eigenvalue weighted by molar-refractivity contribution is 5.98. The number of nitrogens with one attached hydrogen (secondary N) is 3. The molecule has 11 nitrogen and oxygen atoms in total. The summed E-state index contributed by atoms with van der Waals surface area (Å²) in [4.78, 5) is 49.3. The SMILES string of the molecule is CC(=O)NC(C)(C)/C=C/n1ncc(C(=O)NC2C3CC4CC2CC(C(=O)NC(N)=O)(C4)C3)c1OCC(C)C. The van der Waals surface area contributed by atoms with Crippen LogP contribution in [-0.2, 0) is 9.59 Å². The normalized spacial score (nSPS) is 27.9. The van der Waals surface area contributed by atoms with E-state index in [9.17, 15) is 19.2 Å². The molecule has 1 aromatic rings. The summed E-state index contributed by atoms with van der Waals surface area (Å²) in [7, 11) is 0. The second-order valence-corrected chi connectivity index (χ2v) is 12.3. The van der Waals surface area contributed by atoms with Gasteiger partial charge in [0.25, 0.3) is 5.91 Å². The number of urea groups is 1. The summed E-state index contributed by atoms with van der Waals surface area (Å²) in [5.74, 6) is 0.583. The maximum Gasteiger partial charge on any atom is 0.318 e. The van der Waals surface area contributed by atoms with Crippen molar-refractivity contribution in [2.24, 2.45) is 34.8 Å². The van der Waals surface area contributed by atoms with Crippen molar-refractivity contribution in [1.29, 1.82) is 0 Å². The second kappa shape index (κ2) is 10.4. The van der Waals surface area contributed by atoms with Gasteiger partial charge in [-0.15, -0.1) is 0 Å². The Bertz CT molecular complexity index is 1120. The summed E-state index contributed by atoms with van der Waals surface area (Å²) >= 11 is 0. The monoisotopic (exact) mass is 528 g/mol. The number of imide groups is 1. The molecule has 208 valence electrons. The molecule has 1 heterocycles. The molecule has 4 bridgehead atoms. The number of carbonyl (C=O) groups excluding carboxylic acids is 4. The van der Waals surface area contributed by atoms with E-state index in [2.05, 4.69) is 21.0 Å². The van der Waals surface area contributed by atoms with E-state index in [4.69, 9.17) is 10.5 Å². The first kappa shape index (κ1) is 27.7. The predicted octanol–water partition coefficient (Wildman–Crippen LogP) is 2.42. The van der Waals surface area contributed by atoms with Crippen LogP contribution in [0.2, 0.25) is 0 Å². The minimum absolute atomic E-state index is 0.0657. The zero-order valence-corrected chi connectivity index (χ0v) is 22.9. The van der Waals surface area contributed by atoms with Gasteiger partial charge in [0.1, 0.15) is 5.56 Å². The van der Waals surface area contributed by atoms with Gasteiger partial charge in [0.2, 0.25) is 17.7 Å². The lowest BCUT2D eigenvalue weighted by Gasteiger charge is -2.59. The first-order valence-electron chi connectivity index (χ1n) is 13.4. The highest BCUT2D eigenvalue weighted by Crippen LogP contribution is 2.60. The highest BCUT2D eigenvalue weighted by Gasteiger charge is 2.58. The molecular weight excluding hydrogens is 488 g/mol. The van der Waals surface area contributed by atoms with E-state index in [0.717, 1.165) is 19.3 Å². The van der Waals surface area contributed by atoms with Crippen molar-refractivity contribution in [1.82, 2.24) is 25.7 Å². The van der Waals surface area contributed by atoms with Gasteiger partial charge in [-0.2, -0.15) is 5.10 Å². The lowest BCUT2D eigenvalue weighted by atomic mass is 9.47. The summed E-state index contributed by atoms with van der Waals surface area (Å²) in [6.45, 7) is 9.63. The van der Waals surface area contributed by atoms with Gasteiger partial charge in [-0.1, -0.05) is 13.8 Å². The van der Waals surface area contributed by atoms with Crippen LogP contribution in [0.15, 0.2) is 12.3 Å².